The van der Waals surface area contributed by atoms with Gasteiger partial charge in [0.15, 0.2) is 0 Å². The third kappa shape index (κ3) is 2.37. The molecule has 0 aromatic carbocycles. The number of aromatic nitrogens is 1. The van der Waals surface area contributed by atoms with Gasteiger partial charge >= 0.3 is 0 Å². The summed E-state index contributed by atoms with van der Waals surface area (Å²) in [5.41, 5.74) is 1.16. The van der Waals surface area contributed by atoms with Crippen LogP contribution < -0.4 is 5.32 Å². The summed E-state index contributed by atoms with van der Waals surface area (Å²) in [5, 5.41) is 2.74. The topological polar surface area (TPSA) is 54.3 Å². The van der Waals surface area contributed by atoms with E-state index in [2.05, 4.69) is 9.88 Å². The van der Waals surface area contributed by atoms with Crippen molar-refractivity contribution in [1.82, 2.24) is 14.8 Å². The van der Waals surface area contributed by atoms with Gasteiger partial charge in [-0.3, -0.25) is 9.59 Å². The van der Waals surface area contributed by atoms with Gasteiger partial charge in [0.05, 0.1) is 12.6 Å². The van der Waals surface area contributed by atoms with Crippen molar-refractivity contribution in [2.45, 2.75) is 32.4 Å². The van der Waals surface area contributed by atoms with E-state index in [0.717, 1.165) is 25.1 Å². The highest BCUT2D eigenvalue weighted by Gasteiger charge is 2.31. The predicted molar refractivity (Wildman–Crippen MR) is 70.3 cm³/mol. The van der Waals surface area contributed by atoms with Crippen molar-refractivity contribution < 1.29 is 9.59 Å². The lowest BCUT2D eigenvalue weighted by Crippen LogP contribution is -2.45. The molecular weight excluding hydrogens is 242 g/mol. The molecule has 0 bridgehead atoms. The van der Waals surface area contributed by atoms with Gasteiger partial charge in [0.25, 0.3) is 0 Å². The molecule has 0 saturated heterocycles. The van der Waals surface area contributed by atoms with E-state index in [0.29, 0.717) is 6.54 Å². The van der Waals surface area contributed by atoms with Crippen LogP contribution >= 0.6 is 0 Å². The first-order chi connectivity index (χ1) is 9.16. The van der Waals surface area contributed by atoms with Crippen molar-refractivity contribution in [2.24, 2.45) is 5.92 Å². The highest BCUT2D eigenvalue weighted by molar-refractivity contribution is 5.87. The van der Waals surface area contributed by atoms with Crippen LogP contribution in [0.1, 0.15) is 31.5 Å². The Balaban J connectivity index is 1.59. The van der Waals surface area contributed by atoms with Crippen LogP contribution in [0.3, 0.4) is 0 Å². The van der Waals surface area contributed by atoms with Gasteiger partial charge in [0.1, 0.15) is 0 Å². The van der Waals surface area contributed by atoms with Crippen LogP contribution in [0.15, 0.2) is 18.3 Å². The molecule has 19 heavy (non-hydrogen) atoms. The molecule has 1 fully saturated rings. The Hall–Kier alpha value is -1.78. The average Bonchev–Trinajstić information content (AvgIpc) is 3.14. The molecule has 1 N–H and O–H groups in total. The van der Waals surface area contributed by atoms with Crippen molar-refractivity contribution in [1.29, 1.82) is 0 Å². The molecule has 5 heteroatoms. The van der Waals surface area contributed by atoms with Crippen LogP contribution in [0.5, 0.6) is 0 Å². The molecule has 2 amide bonds. The van der Waals surface area contributed by atoms with Gasteiger partial charge < -0.3 is 14.8 Å². The monoisotopic (exact) mass is 261 g/mol. The maximum atomic E-state index is 12.2. The summed E-state index contributed by atoms with van der Waals surface area (Å²) in [6, 6.07) is 4.13. The molecule has 3 rings (SSSR count). The van der Waals surface area contributed by atoms with Gasteiger partial charge in [-0.15, -0.1) is 0 Å². The molecule has 1 aromatic heterocycles. The number of hydrogen-bond donors (Lipinski definition) is 1. The molecule has 102 valence electrons. The first kappa shape index (κ1) is 12.3. The quantitative estimate of drug-likeness (QED) is 0.879. The fourth-order valence-electron chi connectivity index (χ4n) is 2.67. The zero-order valence-electron chi connectivity index (χ0n) is 11.1. The summed E-state index contributed by atoms with van der Waals surface area (Å²) < 4.78 is 2.18. The van der Waals surface area contributed by atoms with Gasteiger partial charge in [-0.25, -0.2) is 0 Å². The van der Waals surface area contributed by atoms with Crippen LogP contribution in [0.4, 0.5) is 0 Å². The number of fused-ring (bicyclic) bond motifs is 1. The fourth-order valence-corrected chi connectivity index (χ4v) is 2.67. The van der Waals surface area contributed by atoms with E-state index in [1.165, 1.54) is 0 Å². The minimum absolute atomic E-state index is 0.00829. The zero-order valence-corrected chi connectivity index (χ0v) is 11.1. The number of carbonyl (C=O) groups is 2. The smallest absolute Gasteiger partial charge is 0.242 e. The van der Waals surface area contributed by atoms with Crippen LogP contribution in [-0.2, 0) is 16.1 Å². The Morgan fingerprint density at radius 1 is 1.37 bits per heavy atom. The highest BCUT2D eigenvalue weighted by Crippen LogP contribution is 2.29. The summed E-state index contributed by atoms with van der Waals surface area (Å²) in [6.45, 7) is 3.70. The predicted octanol–water partition coefficient (Wildman–Crippen LogP) is 0.917. The molecule has 1 aliphatic heterocycles. The summed E-state index contributed by atoms with van der Waals surface area (Å²) in [7, 11) is 0. The SMILES string of the molecule is C[C@H]1c2cccn2CCN1C(=O)CNC(=O)C1CC1. The van der Waals surface area contributed by atoms with Gasteiger partial charge in [-0.2, -0.15) is 0 Å². The fraction of sp³-hybridized carbons (Fsp3) is 0.571. The average molecular weight is 261 g/mol. The van der Waals surface area contributed by atoms with Crippen molar-refractivity contribution in [3.05, 3.63) is 24.0 Å². The lowest BCUT2D eigenvalue weighted by Gasteiger charge is -2.35. The van der Waals surface area contributed by atoms with Crippen molar-refractivity contribution in [3.63, 3.8) is 0 Å². The standard InChI is InChI=1S/C14H19N3O2/c1-10-12-3-2-6-16(12)7-8-17(10)13(18)9-15-14(19)11-4-5-11/h2-3,6,10-11H,4-5,7-9H2,1H3,(H,15,19)/t10-/m0/s1. The molecule has 0 spiro atoms. The van der Waals surface area contributed by atoms with Gasteiger partial charge in [-0.05, 0) is 31.9 Å². The second-order valence-corrected chi connectivity index (χ2v) is 5.38. The Bertz CT molecular complexity index is 505. The third-order valence-corrected chi connectivity index (χ3v) is 4.02. The molecule has 1 aromatic rings. The second-order valence-electron chi connectivity index (χ2n) is 5.38. The summed E-state index contributed by atoms with van der Waals surface area (Å²) in [4.78, 5) is 25.6. The Morgan fingerprint density at radius 3 is 2.89 bits per heavy atom. The van der Waals surface area contributed by atoms with E-state index in [9.17, 15) is 9.59 Å². The Labute approximate surface area is 112 Å². The Kier molecular flexibility index (Phi) is 3.05. The molecular formula is C14H19N3O2. The second kappa shape index (κ2) is 4.72. The van der Waals surface area contributed by atoms with Gasteiger partial charge in [0, 0.05) is 30.9 Å². The molecule has 2 aliphatic rings. The van der Waals surface area contributed by atoms with E-state index in [4.69, 9.17) is 0 Å². The van der Waals surface area contributed by atoms with Crippen molar-refractivity contribution in [3.8, 4) is 0 Å². The number of nitrogens with one attached hydrogen (secondary N) is 1. The summed E-state index contributed by atoms with van der Waals surface area (Å²) in [5.74, 6) is 0.194. The number of hydrogen-bond acceptors (Lipinski definition) is 2. The normalized spacial score (nSPS) is 21.9. The lowest BCUT2D eigenvalue weighted by molar-refractivity contribution is -0.135. The number of nitrogens with zero attached hydrogens (tertiary/aromatic N) is 2. The molecule has 5 nitrogen and oxygen atoms in total. The van der Waals surface area contributed by atoms with E-state index in [-0.39, 0.29) is 30.3 Å². The lowest BCUT2D eigenvalue weighted by atomic mass is 10.1. The van der Waals surface area contributed by atoms with Gasteiger partial charge in [-0.1, -0.05) is 0 Å². The molecule has 0 unspecified atom stereocenters. The van der Waals surface area contributed by atoms with Crippen LogP contribution in [-0.4, -0.2) is 34.4 Å². The number of rotatable bonds is 3. The maximum absolute atomic E-state index is 12.2. The largest absolute Gasteiger partial charge is 0.348 e. The third-order valence-electron chi connectivity index (χ3n) is 4.02. The maximum Gasteiger partial charge on any atom is 0.242 e. The van der Waals surface area contributed by atoms with E-state index >= 15 is 0 Å². The van der Waals surface area contributed by atoms with Crippen LogP contribution in [0.2, 0.25) is 0 Å². The van der Waals surface area contributed by atoms with Crippen molar-refractivity contribution in [2.75, 3.05) is 13.1 Å². The molecule has 1 saturated carbocycles. The minimum Gasteiger partial charge on any atom is -0.348 e. The molecule has 1 aliphatic carbocycles. The summed E-state index contributed by atoms with van der Waals surface area (Å²) in [6.07, 6.45) is 3.98. The van der Waals surface area contributed by atoms with E-state index < -0.39 is 0 Å². The highest BCUT2D eigenvalue weighted by atomic mass is 16.2. The first-order valence-electron chi connectivity index (χ1n) is 6.89. The molecule has 2 heterocycles. The number of carbonyl (C=O) groups excluding carboxylic acids is 2. The van der Waals surface area contributed by atoms with Crippen molar-refractivity contribution >= 4 is 11.8 Å². The zero-order chi connectivity index (χ0) is 13.4. The van der Waals surface area contributed by atoms with E-state index in [1.807, 2.05) is 30.2 Å². The summed E-state index contributed by atoms with van der Waals surface area (Å²) >= 11 is 0. The Morgan fingerprint density at radius 2 is 2.16 bits per heavy atom. The van der Waals surface area contributed by atoms with Crippen LogP contribution in [0, 0.1) is 5.92 Å². The number of amides is 2. The van der Waals surface area contributed by atoms with E-state index in [1.54, 1.807) is 0 Å². The molecule has 0 radical (unpaired) electrons. The first-order valence-corrected chi connectivity index (χ1v) is 6.89. The van der Waals surface area contributed by atoms with Gasteiger partial charge in [0.2, 0.25) is 11.8 Å². The molecule has 1 atom stereocenters. The van der Waals surface area contributed by atoms with Crippen LogP contribution in [0.25, 0.3) is 0 Å². The minimum atomic E-state index is 0.00829.